The molecule has 0 aromatic heterocycles. The van der Waals surface area contributed by atoms with Gasteiger partial charge in [-0.15, -0.1) is 0 Å². The fourth-order valence-corrected chi connectivity index (χ4v) is 3.77. The Labute approximate surface area is 187 Å². The summed E-state index contributed by atoms with van der Waals surface area (Å²) in [5.41, 5.74) is 4.94. The maximum Gasteiger partial charge on any atom is 0.319 e. The summed E-state index contributed by atoms with van der Waals surface area (Å²) in [6.45, 7) is 3.24. The van der Waals surface area contributed by atoms with E-state index < -0.39 is 17.4 Å². The molecule has 5 N–H and O–H groups in total. The first-order valence-electron chi connectivity index (χ1n) is 10.3. The minimum Gasteiger partial charge on any atom is -0.366 e. The van der Waals surface area contributed by atoms with E-state index in [-0.39, 0.29) is 12.6 Å². The zero-order valence-electron chi connectivity index (χ0n) is 18.3. The quantitative estimate of drug-likeness (QED) is 0.286. The molecule has 0 saturated heterocycles. The third-order valence-corrected chi connectivity index (χ3v) is 5.58. The van der Waals surface area contributed by atoms with Gasteiger partial charge in [-0.25, -0.2) is 13.9 Å². The van der Waals surface area contributed by atoms with E-state index in [0.29, 0.717) is 17.1 Å². The van der Waals surface area contributed by atoms with Crippen molar-refractivity contribution in [3.05, 3.63) is 46.2 Å². The summed E-state index contributed by atoms with van der Waals surface area (Å²) in [6.07, 6.45) is 5.58. The summed E-state index contributed by atoms with van der Waals surface area (Å²) >= 11 is 1.02. The number of unbranched alkanes of at least 4 members (excludes halogenated alkanes) is 3. The number of hydrogen-bond acceptors (Lipinski definition) is 6. The van der Waals surface area contributed by atoms with Crippen LogP contribution in [0.5, 0.6) is 0 Å². The molecule has 0 bridgehead atoms. The van der Waals surface area contributed by atoms with Crippen molar-refractivity contribution in [2.75, 3.05) is 27.2 Å². The molecule has 1 unspecified atom stereocenters. The first kappa shape index (κ1) is 25.1. The van der Waals surface area contributed by atoms with E-state index in [1.54, 1.807) is 19.1 Å². The van der Waals surface area contributed by atoms with E-state index >= 15 is 0 Å². The van der Waals surface area contributed by atoms with Gasteiger partial charge in [0.25, 0.3) is 5.91 Å². The molecule has 31 heavy (non-hydrogen) atoms. The molecule has 1 aromatic rings. The minimum absolute atomic E-state index is 0.160. The summed E-state index contributed by atoms with van der Waals surface area (Å²) in [4.78, 5) is 26.3. The Morgan fingerprint density at radius 3 is 2.68 bits per heavy atom. The fourth-order valence-electron chi connectivity index (χ4n) is 2.93. The zero-order valence-corrected chi connectivity index (χ0v) is 19.1. The van der Waals surface area contributed by atoms with Gasteiger partial charge in [-0.1, -0.05) is 25.0 Å². The van der Waals surface area contributed by atoms with E-state index in [2.05, 4.69) is 34.4 Å². The number of carbonyl (C=O) groups is 2. The standard InChI is InChI=1S/C21H32FN5O3S/c1-15-8-9-16(17(22)12-15)14-30-21(19(23)28)13-18(31-26-21)25-20(29)24-10-6-4-5-7-11-27(2)3/h8-9,12-13,26H,4-7,10-11,14H2,1-3H3,(H2,23,28)(H2,24,25,29). The van der Waals surface area contributed by atoms with Crippen LogP contribution in [0.25, 0.3) is 0 Å². The van der Waals surface area contributed by atoms with E-state index in [9.17, 15) is 14.0 Å². The van der Waals surface area contributed by atoms with Gasteiger partial charge < -0.3 is 26.0 Å². The van der Waals surface area contributed by atoms with Gasteiger partial charge in [0.2, 0.25) is 5.72 Å². The number of primary amides is 1. The number of aryl methyl sites for hydroxylation is 1. The predicted octanol–water partition coefficient (Wildman–Crippen LogP) is 2.35. The van der Waals surface area contributed by atoms with Gasteiger partial charge in [0.05, 0.1) is 11.6 Å². The van der Waals surface area contributed by atoms with Crippen molar-refractivity contribution >= 4 is 23.9 Å². The Morgan fingerprint density at radius 2 is 2.00 bits per heavy atom. The van der Waals surface area contributed by atoms with Gasteiger partial charge in [-0.3, -0.25) is 4.79 Å². The van der Waals surface area contributed by atoms with Crippen molar-refractivity contribution in [1.82, 2.24) is 20.3 Å². The maximum atomic E-state index is 14.0. The molecule has 1 aromatic carbocycles. The van der Waals surface area contributed by atoms with Crippen molar-refractivity contribution in [3.8, 4) is 0 Å². The van der Waals surface area contributed by atoms with Crippen LogP contribution in [0, 0.1) is 12.7 Å². The van der Waals surface area contributed by atoms with Crippen molar-refractivity contribution < 1.29 is 18.7 Å². The summed E-state index contributed by atoms with van der Waals surface area (Å²) in [5.74, 6) is -1.21. The highest BCUT2D eigenvalue weighted by Crippen LogP contribution is 2.29. The van der Waals surface area contributed by atoms with Crippen molar-refractivity contribution in [2.45, 2.75) is 44.9 Å². The zero-order chi connectivity index (χ0) is 22.9. The van der Waals surface area contributed by atoms with Gasteiger partial charge in [0, 0.05) is 18.2 Å². The molecule has 1 aliphatic rings. The van der Waals surface area contributed by atoms with Gasteiger partial charge in [-0.2, -0.15) is 0 Å². The molecule has 0 spiro atoms. The van der Waals surface area contributed by atoms with Gasteiger partial charge in [0.15, 0.2) is 0 Å². The topological polar surface area (TPSA) is 109 Å². The lowest BCUT2D eigenvalue weighted by atomic mass is 10.1. The Bertz CT molecular complexity index is 805. The normalized spacial score (nSPS) is 18.2. The monoisotopic (exact) mass is 453 g/mol. The van der Waals surface area contributed by atoms with Crippen LogP contribution in [0.1, 0.15) is 36.8 Å². The summed E-state index contributed by atoms with van der Waals surface area (Å²) < 4.78 is 22.5. The molecule has 0 fully saturated rings. The number of nitrogens with one attached hydrogen (secondary N) is 3. The molecule has 10 heteroatoms. The molecule has 1 atom stereocenters. The third-order valence-electron chi connectivity index (χ3n) is 4.73. The second-order valence-electron chi connectivity index (χ2n) is 7.79. The number of carbonyl (C=O) groups excluding carboxylic acids is 2. The minimum atomic E-state index is -1.64. The predicted molar refractivity (Wildman–Crippen MR) is 120 cm³/mol. The second kappa shape index (κ2) is 12.0. The SMILES string of the molecule is Cc1ccc(COC2(C(N)=O)C=C(NC(=O)NCCCCCCN(C)C)SN2)c(F)c1. The highest BCUT2D eigenvalue weighted by atomic mass is 32.2. The maximum absolute atomic E-state index is 14.0. The highest BCUT2D eigenvalue weighted by molar-refractivity contribution is 8.01. The first-order chi connectivity index (χ1) is 14.7. The fraction of sp³-hybridized carbons (Fsp3) is 0.524. The molecule has 0 aliphatic carbocycles. The van der Waals surface area contributed by atoms with Crippen LogP contribution in [0.3, 0.4) is 0 Å². The van der Waals surface area contributed by atoms with Crippen LogP contribution in [0.15, 0.2) is 29.3 Å². The molecule has 1 heterocycles. The summed E-state index contributed by atoms with van der Waals surface area (Å²) in [5, 5.41) is 5.83. The highest BCUT2D eigenvalue weighted by Gasteiger charge is 2.41. The number of benzene rings is 1. The lowest BCUT2D eigenvalue weighted by Gasteiger charge is -2.23. The van der Waals surface area contributed by atoms with Crippen LogP contribution in [-0.4, -0.2) is 49.7 Å². The van der Waals surface area contributed by atoms with Gasteiger partial charge in [-0.05, 0) is 64.0 Å². The number of nitrogens with two attached hydrogens (primary N) is 1. The number of ether oxygens (including phenoxy) is 1. The third kappa shape index (κ3) is 8.13. The van der Waals surface area contributed by atoms with Crippen molar-refractivity contribution in [3.63, 3.8) is 0 Å². The largest absolute Gasteiger partial charge is 0.366 e. The molecular weight excluding hydrogens is 421 g/mol. The second-order valence-corrected chi connectivity index (χ2v) is 8.64. The van der Waals surface area contributed by atoms with E-state index in [4.69, 9.17) is 10.5 Å². The Balaban J connectivity index is 1.80. The van der Waals surface area contributed by atoms with Crippen LogP contribution in [0.2, 0.25) is 0 Å². The molecule has 172 valence electrons. The molecule has 3 amide bonds. The van der Waals surface area contributed by atoms with Crippen LogP contribution < -0.4 is 21.1 Å². The number of amides is 3. The average molecular weight is 454 g/mol. The van der Waals surface area contributed by atoms with Crippen LogP contribution in [0.4, 0.5) is 9.18 Å². The number of nitrogens with zero attached hydrogens (tertiary/aromatic N) is 1. The lowest BCUT2D eigenvalue weighted by molar-refractivity contribution is -0.139. The molecule has 2 rings (SSSR count). The Morgan fingerprint density at radius 1 is 1.26 bits per heavy atom. The van der Waals surface area contributed by atoms with Gasteiger partial charge >= 0.3 is 6.03 Å². The molecule has 8 nitrogen and oxygen atoms in total. The van der Waals surface area contributed by atoms with E-state index in [1.165, 1.54) is 12.1 Å². The van der Waals surface area contributed by atoms with Crippen LogP contribution in [-0.2, 0) is 16.1 Å². The number of urea groups is 1. The van der Waals surface area contributed by atoms with E-state index in [0.717, 1.165) is 49.7 Å². The lowest BCUT2D eigenvalue weighted by Crippen LogP contribution is -2.51. The Hall–Kier alpha value is -2.14. The van der Waals surface area contributed by atoms with Crippen molar-refractivity contribution in [2.24, 2.45) is 5.73 Å². The number of hydrogen-bond donors (Lipinski definition) is 4. The summed E-state index contributed by atoms with van der Waals surface area (Å²) in [6, 6.07) is 4.36. The average Bonchev–Trinajstić information content (AvgIpc) is 3.10. The summed E-state index contributed by atoms with van der Waals surface area (Å²) in [7, 11) is 4.10. The molecular formula is C21H32FN5O3S. The Kier molecular flexibility index (Phi) is 9.76. The smallest absolute Gasteiger partial charge is 0.319 e. The molecule has 0 saturated carbocycles. The number of rotatable bonds is 12. The first-order valence-corrected chi connectivity index (χ1v) is 11.1. The molecule has 1 aliphatic heterocycles. The van der Waals surface area contributed by atoms with E-state index in [1.807, 2.05) is 0 Å². The van der Waals surface area contributed by atoms with Gasteiger partial charge in [0.1, 0.15) is 5.82 Å². The van der Waals surface area contributed by atoms with Crippen LogP contribution >= 0.6 is 11.9 Å². The molecule has 0 radical (unpaired) electrons. The number of halogens is 1. The van der Waals surface area contributed by atoms with Crippen molar-refractivity contribution in [1.29, 1.82) is 0 Å².